The van der Waals surface area contributed by atoms with Gasteiger partial charge in [-0.1, -0.05) is 76.6 Å². The second-order valence-corrected chi connectivity index (χ2v) is 5.02. The van der Waals surface area contributed by atoms with E-state index >= 15 is 0 Å². The van der Waals surface area contributed by atoms with E-state index in [4.69, 9.17) is 11.6 Å². The summed E-state index contributed by atoms with van der Waals surface area (Å²) in [5, 5.41) is -0.120. The molecule has 0 spiro atoms. The predicted octanol–water partition coefficient (Wildman–Crippen LogP) is 5.44. The average molecular weight is 308 g/mol. The highest BCUT2D eigenvalue weighted by molar-refractivity contribution is 9.10. The first-order chi connectivity index (χ1) is 8.27. The molecule has 0 saturated heterocycles. The first kappa shape index (κ1) is 12.4. The first-order valence-corrected chi connectivity index (χ1v) is 6.62. The van der Waals surface area contributed by atoms with Gasteiger partial charge < -0.3 is 0 Å². The Kier molecular flexibility index (Phi) is 4.41. The van der Waals surface area contributed by atoms with Gasteiger partial charge in [-0.3, -0.25) is 0 Å². The second kappa shape index (κ2) is 6.04. The third-order valence-corrected chi connectivity index (χ3v) is 3.56. The first-order valence-electron chi connectivity index (χ1n) is 5.39. The van der Waals surface area contributed by atoms with Gasteiger partial charge in [0, 0.05) is 4.47 Å². The molecule has 2 aromatic carbocycles. The Morgan fingerprint density at radius 1 is 0.941 bits per heavy atom. The molecule has 0 aliphatic carbocycles. The lowest BCUT2D eigenvalue weighted by atomic mass is 10.1. The highest BCUT2D eigenvalue weighted by Crippen LogP contribution is 2.29. The van der Waals surface area contributed by atoms with Crippen LogP contribution in [-0.4, -0.2) is 0 Å². The lowest BCUT2D eigenvalue weighted by Crippen LogP contribution is -1.87. The quantitative estimate of drug-likeness (QED) is 0.662. The molecule has 1 atom stereocenters. The number of allylic oxidation sites excluding steroid dienone is 1. The zero-order chi connectivity index (χ0) is 12.1. The molecule has 0 aromatic heterocycles. The monoisotopic (exact) mass is 306 g/mol. The summed E-state index contributed by atoms with van der Waals surface area (Å²) >= 11 is 9.85. The minimum absolute atomic E-state index is 0.120. The molecular weight excluding hydrogens is 296 g/mol. The normalized spacial score (nSPS) is 12.8. The van der Waals surface area contributed by atoms with Gasteiger partial charge in [-0.25, -0.2) is 0 Å². The Balaban J connectivity index is 2.15. The number of halogens is 2. The molecule has 0 N–H and O–H groups in total. The van der Waals surface area contributed by atoms with Gasteiger partial charge in [0.15, 0.2) is 0 Å². The van der Waals surface area contributed by atoms with Crippen LogP contribution in [-0.2, 0) is 0 Å². The van der Waals surface area contributed by atoms with E-state index in [-0.39, 0.29) is 5.38 Å². The van der Waals surface area contributed by atoms with Crippen LogP contribution in [0.1, 0.15) is 16.5 Å². The van der Waals surface area contributed by atoms with Crippen LogP contribution in [0.25, 0.3) is 6.08 Å². The largest absolute Gasteiger partial charge is 0.113 e. The maximum absolute atomic E-state index is 6.34. The molecule has 1 unspecified atom stereocenters. The molecule has 0 aliphatic rings. The van der Waals surface area contributed by atoms with Crippen molar-refractivity contribution in [2.45, 2.75) is 5.38 Å². The van der Waals surface area contributed by atoms with E-state index < -0.39 is 0 Å². The minimum Gasteiger partial charge on any atom is -0.113 e. The third kappa shape index (κ3) is 3.45. The Morgan fingerprint density at radius 2 is 1.59 bits per heavy atom. The molecule has 17 heavy (non-hydrogen) atoms. The van der Waals surface area contributed by atoms with Gasteiger partial charge in [0.2, 0.25) is 0 Å². The Morgan fingerprint density at radius 3 is 2.29 bits per heavy atom. The highest BCUT2D eigenvalue weighted by Gasteiger charge is 2.06. The summed E-state index contributed by atoms with van der Waals surface area (Å²) in [5.74, 6) is 0. The molecule has 2 rings (SSSR count). The van der Waals surface area contributed by atoms with E-state index in [1.165, 1.54) is 0 Å². The van der Waals surface area contributed by atoms with Gasteiger partial charge in [-0.2, -0.15) is 0 Å². The van der Waals surface area contributed by atoms with Crippen molar-refractivity contribution in [1.82, 2.24) is 0 Å². The Labute approximate surface area is 115 Å². The minimum atomic E-state index is -0.120. The predicted molar refractivity (Wildman–Crippen MR) is 78.2 cm³/mol. The fourth-order valence-corrected chi connectivity index (χ4v) is 2.49. The number of alkyl halides is 1. The summed E-state index contributed by atoms with van der Waals surface area (Å²) in [5.41, 5.74) is 2.24. The highest BCUT2D eigenvalue weighted by atomic mass is 79.9. The summed E-state index contributed by atoms with van der Waals surface area (Å²) in [6, 6.07) is 18.1. The van der Waals surface area contributed by atoms with Crippen LogP contribution in [0.5, 0.6) is 0 Å². The van der Waals surface area contributed by atoms with E-state index in [0.29, 0.717) is 0 Å². The zero-order valence-corrected chi connectivity index (χ0v) is 11.5. The molecule has 0 nitrogen and oxygen atoms in total. The van der Waals surface area contributed by atoms with E-state index in [1.54, 1.807) is 0 Å². The summed E-state index contributed by atoms with van der Waals surface area (Å²) in [4.78, 5) is 0. The van der Waals surface area contributed by atoms with E-state index in [9.17, 15) is 0 Å². The van der Waals surface area contributed by atoms with E-state index in [0.717, 1.165) is 15.6 Å². The molecule has 2 aromatic rings. The van der Waals surface area contributed by atoms with Crippen molar-refractivity contribution >= 4 is 33.6 Å². The van der Waals surface area contributed by atoms with Crippen LogP contribution in [0.3, 0.4) is 0 Å². The molecule has 0 fully saturated rings. The van der Waals surface area contributed by atoms with Gasteiger partial charge in [-0.05, 0) is 17.2 Å². The molecule has 0 heterocycles. The van der Waals surface area contributed by atoms with Crippen molar-refractivity contribution in [1.29, 1.82) is 0 Å². The molecule has 0 saturated carbocycles. The summed E-state index contributed by atoms with van der Waals surface area (Å²) in [7, 11) is 0. The maximum atomic E-state index is 6.34. The lowest BCUT2D eigenvalue weighted by molar-refractivity contribution is 1.20. The summed E-state index contributed by atoms with van der Waals surface area (Å²) in [6.07, 6.45) is 4.04. The van der Waals surface area contributed by atoms with Gasteiger partial charge >= 0.3 is 0 Å². The van der Waals surface area contributed by atoms with Crippen LogP contribution in [0.15, 0.2) is 65.1 Å². The van der Waals surface area contributed by atoms with Crippen molar-refractivity contribution in [2.75, 3.05) is 0 Å². The fraction of sp³-hybridized carbons (Fsp3) is 0.0667. The topological polar surface area (TPSA) is 0 Å². The van der Waals surface area contributed by atoms with Crippen molar-refractivity contribution in [3.63, 3.8) is 0 Å². The van der Waals surface area contributed by atoms with Crippen LogP contribution in [0, 0.1) is 0 Å². The Bertz CT molecular complexity index is 505. The molecule has 2 heteroatoms. The summed E-state index contributed by atoms with van der Waals surface area (Å²) < 4.78 is 1.04. The van der Waals surface area contributed by atoms with Crippen LogP contribution >= 0.6 is 27.5 Å². The molecular formula is C15H12BrCl. The van der Waals surface area contributed by atoms with Crippen LogP contribution in [0.2, 0.25) is 0 Å². The SMILES string of the molecule is ClC(/C=C/c1ccccc1)c1ccccc1Br. The standard InChI is InChI=1S/C15H12BrCl/c16-14-9-5-4-8-13(14)15(17)11-10-12-6-2-1-3-7-12/h1-11,15H/b11-10+. The fourth-order valence-electron chi connectivity index (χ4n) is 1.56. The number of hydrogen-bond donors (Lipinski definition) is 0. The van der Waals surface area contributed by atoms with Gasteiger partial charge in [0.25, 0.3) is 0 Å². The zero-order valence-electron chi connectivity index (χ0n) is 9.18. The van der Waals surface area contributed by atoms with Gasteiger partial charge in [0.05, 0.1) is 5.38 Å². The molecule has 0 radical (unpaired) electrons. The van der Waals surface area contributed by atoms with Gasteiger partial charge in [0.1, 0.15) is 0 Å². The molecule has 0 amide bonds. The van der Waals surface area contributed by atoms with Crippen molar-refractivity contribution in [3.05, 3.63) is 76.3 Å². The number of benzene rings is 2. The molecule has 0 aliphatic heterocycles. The van der Waals surface area contributed by atoms with Crippen molar-refractivity contribution < 1.29 is 0 Å². The lowest BCUT2D eigenvalue weighted by Gasteiger charge is -2.06. The number of rotatable bonds is 3. The maximum Gasteiger partial charge on any atom is 0.0780 e. The smallest absolute Gasteiger partial charge is 0.0780 e. The van der Waals surface area contributed by atoms with Crippen LogP contribution < -0.4 is 0 Å². The van der Waals surface area contributed by atoms with Gasteiger partial charge in [-0.15, -0.1) is 11.6 Å². The third-order valence-electron chi connectivity index (χ3n) is 2.46. The molecule has 0 bridgehead atoms. The second-order valence-electron chi connectivity index (χ2n) is 3.69. The van der Waals surface area contributed by atoms with Crippen LogP contribution in [0.4, 0.5) is 0 Å². The van der Waals surface area contributed by atoms with Crippen molar-refractivity contribution in [3.8, 4) is 0 Å². The number of hydrogen-bond acceptors (Lipinski definition) is 0. The average Bonchev–Trinajstić information content (AvgIpc) is 2.38. The van der Waals surface area contributed by atoms with E-state index in [2.05, 4.69) is 28.1 Å². The summed E-state index contributed by atoms with van der Waals surface area (Å²) in [6.45, 7) is 0. The Hall–Kier alpha value is -1.05. The van der Waals surface area contributed by atoms with Crippen molar-refractivity contribution in [2.24, 2.45) is 0 Å². The molecule has 86 valence electrons. The van der Waals surface area contributed by atoms with E-state index in [1.807, 2.05) is 54.6 Å².